The number of likely N-dealkylation sites (N-methyl/N-ethyl adjacent to an activating group) is 1. The molecule has 0 bridgehead atoms. The summed E-state index contributed by atoms with van der Waals surface area (Å²) in [4.78, 5) is 35.4. The minimum atomic E-state index is -4.38. The number of rotatable bonds is 42. The Morgan fingerprint density at radius 1 is 0.544 bits per heavy atom. The zero-order valence-corrected chi connectivity index (χ0v) is 38.5. The van der Waals surface area contributed by atoms with E-state index < -0.39 is 26.5 Å². The molecule has 0 saturated carbocycles. The molecule has 9 nitrogen and oxygen atoms in total. The van der Waals surface area contributed by atoms with Gasteiger partial charge in [-0.15, -0.1) is 0 Å². The Morgan fingerprint density at radius 3 is 1.42 bits per heavy atom. The lowest BCUT2D eigenvalue weighted by molar-refractivity contribution is -0.870. The Bertz CT molecular complexity index is 1070. The van der Waals surface area contributed by atoms with E-state index >= 15 is 0 Å². The highest BCUT2D eigenvalue weighted by Crippen LogP contribution is 2.43. The number of carbonyl (C=O) groups is 2. The number of phosphoric acid groups is 1. The molecule has 0 aromatic rings. The number of esters is 2. The van der Waals surface area contributed by atoms with Gasteiger partial charge < -0.3 is 18.9 Å². The predicted octanol–water partition coefficient (Wildman–Crippen LogP) is 13.3. The van der Waals surface area contributed by atoms with Crippen molar-refractivity contribution in [2.75, 3.05) is 47.5 Å². The lowest BCUT2D eigenvalue weighted by Gasteiger charge is -2.24. The number of quaternary nitrogens is 1. The molecule has 0 rings (SSSR count). The molecule has 2 unspecified atom stereocenters. The van der Waals surface area contributed by atoms with E-state index in [1.54, 1.807) is 0 Å². The van der Waals surface area contributed by atoms with Crippen LogP contribution in [-0.2, 0) is 32.7 Å². The smallest absolute Gasteiger partial charge is 0.462 e. The van der Waals surface area contributed by atoms with Crippen LogP contribution in [-0.4, -0.2) is 74.9 Å². The van der Waals surface area contributed by atoms with Crippen LogP contribution in [0.2, 0.25) is 0 Å². The first-order valence-electron chi connectivity index (χ1n) is 23.2. The van der Waals surface area contributed by atoms with Crippen molar-refractivity contribution in [3.05, 3.63) is 36.5 Å². The molecule has 0 aliphatic rings. The molecular weight excluding hydrogens is 737 g/mol. The summed E-state index contributed by atoms with van der Waals surface area (Å²) >= 11 is 0. The van der Waals surface area contributed by atoms with E-state index in [1.807, 2.05) is 21.1 Å². The van der Waals surface area contributed by atoms with Crippen molar-refractivity contribution < 1.29 is 42.1 Å². The second-order valence-electron chi connectivity index (χ2n) is 16.8. The molecular formula is C47H89NO8P+. The summed E-state index contributed by atoms with van der Waals surface area (Å²) in [5, 5.41) is 0. The van der Waals surface area contributed by atoms with Gasteiger partial charge in [-0.3, -0.25) is 18.6 Å². The standard InChI is InChI=1S/C47H88NO8P/c1-6-8-10-12-14-16-18-20-22-24-26-27-29-31-33-35-37-39-46(49)53-43-45(44-55-57(51,52)54-42-41-48(3,4)5)56-47(50)40-38-36-34-32-30-28-25-23-21-19-17-15-13-11-9-7-2/h17,19-20,22-23,25,45H,6-16,18,21,24,26-44H2,1-5H3/p+1/b19-17-,22-20-,25-23-. The molecule has 0 aliphatic heterocycles. The minimum absolute atomic E-state index is 0.0281. The van der Waals surface area contributed by atoms with Crippen LogP contribution in [0.1, 0.15) is 200 Å². The van der Waals surface area contributed by atoms with E-state index in [2.05, 4.69) is 50.3 Å². The highest BCUT2D eigenvalue weighted by Gasteiger charge is 2.27. The molecule has 1 N–H and O–H groups in total. The van der Waals surface area contributed by atoms with Crippen molar-refractivity contribution in [1.29, 1.82) is 0 Å². The van der Waals surface area contributed by atoms with Crippen LogP contribution in [0.4, 0.5) is 0 Å². The topological polar surface area (TPSA) is 108 Å². The molecule has 0 aromatic carbocycles. The molecule has 57 heavy (non-hydrogen) atoms. The maximum atomic E-state index is 12.7. The lowest BCUT2D eigenvalue weighted by atomic mass is 10.1. The molecule has 334 valence electrons. The van der Waals surface area contributed by atoms with Gasteiger partial charge in [0.1, 0.15) is 19.8 Å². The average Bonchev–Trinajstić information content (AvgIpc) is 3.16. The number of unbranched alkanes of at least 4 members (excludes halogenated alkanes) is 22. The zero-order chi connectivity index (χ0) is 42.1. The van der Waals surface area contributed by atoms with Gasteiger partial charge in [-0.1, -0.05) is 153 Å². The Balaban J connectivity index is 4.35. The van der Waals surface area contributed by atoms with Crippen LogP contribution < -0.4 is 0 Å². The summed E-state index contributed by atoms with van der Waals surface area (Å²) in [7, 11) is 1.46. The lowest BCUT2D eigenvalue weighted by Crippen LogP contribution is -2.37. The molecule has 0 radical (unpaired) electrons. The van der Waals surface area contributed by atoms with Crippen LogP contribution in [0.3, 0.4) is 0 Å². The first-order valence-corrected chi connectivity index (χ1v) is 24.7. The van der Waals surface area contributed by atoms with Gasteiger partial charge in [-0.2, -0.15) is 0 Å². The average molecular weight is 827 g/mol. The fraction of sp³-hybridized carbons (Fsp3) is 0.830. The molecule has 0 aliphatic carbocycles. The predicted molar refractivity (Wildman–Crippen MR) is 238 cm³/mol. The highest BCUT2D eigenvalue weighted by molar-refractivity contribution is 7.47. The molecule has 0 amide bonds. The van der Waals surface area contributed by atoms with Gasteiger partial charge in [0.05, 0.1) is 27.7 Å². The molecule has 0 aromatic heterocycles. The van der Waals surface area contributed by atoms with Crippen LogP contribution in [0.15, 0.2) is 36.5 Å². The number of hydrogen-bond acceptors (Lipinski definition) is 7. The number of phosphoric ester groups is 1. The Labute approximate surface area is 351 Å². The third-order valence-electron chi connectivity index (χ3n) is 9.89. The maximum Gasteiger partial charge on any atom is 0.472 e. The van der Waals surface area contributed by atoms with E-state index in [9.17, 15) is 19.0 Å². The van der Waals surface area contributed by atoms with E-state index in [0.717, 1.165) is 57.8 Å². The van der Waals surface area contributed by atoms with Gasteiger partial charge in [0, 0.05) is 12.8 Å². The van der Waals surface area contributed by atoms with Crippen molar-refractivity contribution in [2.45, 2.75) is 206 Å². The summed E-state index contributed by atoms with van der Waals surface area (Å²) in [6.07, 6.45) is 44.7. The van der Waals surface area contributed by atoms with Gasteiger partial charge >= 0.3 is 19.8 Å². The fourth-order valence-corrected chi connectivity index (χ4v) is 6.96. The third kappa shape index (κ3) is 43.6. The van der Waals surface area contributed by atoms with E-state index in [4.69, 9.17) is 18.5 Å². The molecule has 0 spiro atoms. The van der Waals surface area contributed by atoms with Crippen molar-refractivity contribution >= 4 is 19.8 Å². The number of ether oxygens (including phenoxy) is 2. The van der Waals surface area contributed by atoms with Crippen LogP contribution in [0.5, 0.6) is 0 Å². The normalized spacial score (nSPS) is 13.9. The molecule has 0 fully saturated rings. The van der Waals surface area contributed by atoms with Gasteiger partial charge in [0.25, 0.3) is 0 Å². The largest absolute Gasteiger partial charge is 0.472 e. The van der Waals surface area contributed by atoms with Crippen molar-refractivity contribution in [3.8, 4) is 0 Å². The molecule has 10 heteroatoms. The first-order chi connectivity index (χ1) is 27.5. The molecule has 0 saturated heterocycles. The summed E-state index contributed by atoms with van der Waals surface area (Å²) in [5.74, 6) is -0.816. The summed E-state index contributed by atoms with van der Waals surface area (Å²) < 4.78 is 34.3. The second-order valence-corrected chi connectivity index (χ2v) is 18.2. The minimum Gasteiger partial charge on any atom is -0.462 e. The van der Waals surface area contributed by atoms with Crippen molar-refractivity contribution in [1.82, 2.24) is 0 Å². The first kappa shape index (κ1) is 55.2. The SMILES string of the molecule is CCCCCC/C=C\C/C=C\CCCCCCCC(=O)OC(COC(=O)CCCCCCCCC/C=C\CCCCCCCC)COP(=O)(O)OCC[N+](C)(C)C. The molecule has 2 atom stereocenters. The fourth-order valence-electron chi connectivity index (χ4n) is 6.21. The zero-order valence-electron chi connectivity index (χ0n) is 37.6. The Morgan fingerprint density at radius 2 is 0.947 bits per heavy atom. The monoisotopic (exact) mass is 827 g/mol. The van der Waals surface area contributed by atoms with Gasteiger partial charge in [-0.25, -0.2) is 4.57 Å². The summed E-state index contributed by atoms with van der Waals surface area (Å²) in [5.41, 5.74) is 0. The number of carbonyl (C=O) groups excluding carboxylic acids is 2. The van der Waals surface area contributed by atoms with E-state index in [1.165, 1.54) is 109 Å². The number of hydrogen-bond donors (Lipinski definition) is 1. The third-order valence-corrected chi connectivity index (χ3v) is 10.9. The summed E-state index contributed by atoms with van der Waals surface area (Å²) in [6.45, 7) is 4.39. The van der Waals surface area contributed by atoms with Gasteiger partial charge in [0.2, 0.25) is 0 Å². The van der Waals surface area contributed by atoms with Crippen LogP contribution in [0, 0.1) is 0 Å². The molecule has 0 heterocycles. The Kier molecular flexibility index (Phi) is 38.4. The van der Waals surface area contributed by atoms with Crippen LogP contribution in [0.25, 0.3) is 0 Å². The number of nitrogens with zero attached hydrogens (tertiary/aromatic N) is 1. The summed E-state index contributed by atoms with van der Waals surface area (Å²) in [6, 6.07) is 0. The quantitative estimate of drug-likeness (QED) is 0.0213. The van der Waals surface area contributed by atoms with Gasteiger partial charge in [0.15, 0.2) is 6.10 Å². The van der Waals surface area contributed by atoms with Gasteiger partial charge in [-0.05, 0) is 70.6 Å². The highest BCUT2D eigenvalue weighted by atomic mass is 31.2. The van der Waals surface area contributed by atoms with E-state index in [0.29, 0.717) is 17.4 Å². The van der Waals surface area contributed by atoms with Crippen molar-refractivity contribution in [2.24, 2.45) is 0 Å². The maximum absolute atomic E-state index is 12.7. The van der Waals surface area contributed by atoms with Crippen LogP contribution >= 0.6 is 7.82 Å². The van der Waals surface area contributed by atoms with E-state index in [-0.39, 0.29) is 32.0 Å². The van der Waals surface area contributed by atoms with Crippen molar-refractivity contribution in [3.63, 3.8) is 0 Å². The second kappa shape index (κ2) is 39.7. The number of allylic oxidation sites excluding steroid dienone is 6. The Hall–Kier alpha value is -1.77.